The van der Waals surface area contributed by atoms with E-state index < -0.39 is 0 Å². The van der Waals surface area contributed by atoms with Gasteiger partial charge in [-0.25, -0.2) is 0 Å². The zero-order valence-corrected chi connectivity index (χ0v) is 13.6. The summed E-state index contributed by atoms with van der Waals surface area (Å²) in [5.74, 6) is 0.853. The lowest BCUT2D eigenvalue weighted by Gasteiger charge is -2.13. The molecule has 0 fully saturated rings. The Morgan fingerprint density at radius 1 is 0.875 bits per heavy atom. The molecule has 2 aromatic carbocycles. The van der Waals surface area contributed by atoms with E-state index in [1.54, 1.807) is 6.20 Å². The maximum atomic E-state index is 6.14. The standard InChI is InChI=1S/C21H22N2O/c22-20(11-8-17-5-4-14-23-15-17)16-24-21-12-9-19(10-13-21)18-6-2-1-3-7-18/h1-7,9-10,12-15,20H,8,11,16,22H2. The molecule has 0 bridgehead atoms. The van der Waals surface area contributed by atoms with E-state index in [4.69, 9.17) is 10.5 Å². The quantitative estimate of drug-likeness (QED) is 0.714. The van der Waals surface area contributed by atoms with Gasteiger partial charge in [0.1, 0.15) is 12.4 Å². The summed E-state index contributed by atoms with van der Waals surface area (Å²) in [7, 11) is 0. The van der Waals surface area contributed by atoms with Crippen LogP contribution in [0.15, 0.2) is 79.1 Å². The first kappa shape index (κ1) is 16.2. The van der Waals surface area contributed by atoms with Crippen molar-refractivity contribution in [3.63, 3.8) is 0 Å². The van der Waals surface area contributed by atoms with Gasteiger partial charge in [-0.1, -0.05) is 48.5 Å². The molecule has 0 spiro atoms. The highest BCUT2D eigenvalue weighted by Gasteiger charge is 2.05. The highest BCUT2D eigenvalue weighted by atomic mass is 16.5. The molecule has 0 aliphatic heterocycles. The van der Waals surface area contributed by atoms with Crippen LogP contribution < -0.4 is 10.5 Å². The molecule has 3 heteroatoms. The zero-order chi connectivity index (χ0) is 16.6. The smallest absolute Gasteiger partial charge is 0.119 e. The number of pyridine rings is 1. The third-order valence-corrected chi connectivity index (χ3v) is 3.95. The summed E-state index contributed by atoms with van der Waals surface area (Å²) in [5.41, 5.74) is 9.74. The molecule has 0 aliphatic carbocycles. The van der Waals surface area contributed by atoms with E-state index in [1.165, 1.54) is 16.7 Å². The first-order chi connectivity index (χ1) is 11.8. The van der Waals surface area contributed by atoms with Crippen LogP contribution in [0.5, 0.6) is 5.75 Å². The molecule has 122 valence electrons. The van der Waals surface area contributed by atoms with E-state index >= 15 is 0 Å². The van der Waals surface area contributed by atoms with Crippen molar-refractivity contribution < 1.29 is 4.74 Å². The third kappa shape index (κ3) is 4.67. The molecule has 0 amide bonds. The second kappa shape index (κ2) is 8.27. The van der Waals surface area contributed by atoms with Crippen molar-refractivity contribution in [3.8, 4) is 16.9 Å². The van der Waals surface area contributed by atoms with Crippen molar-refractivity contribution >= 4 is 0 Å². The fraction of sp³-hybridized carbons (Fsp3) is 0.190. The van der Waals surface area contributed by atoms with E-state index in [0.29, 0.717) is 6.61 Å². The number of rotatable bonds is 7. The van der Waals surface area contributed by atoms with Crippen molar-refractivity contribution in [1.29, 1.82) is 0 Å². The van der Waals surface area contributed by atoms with Gasteiger partial charge in [0, 0.05) is 18.4 Å². The van der Waals surface area contributed by atoms with E-state index in [2.05, 4.69) is 35.3 Å². The lowest BCUT2D eigenvalue weighted by Crippen LogP contribution is -2.28. The van der Waals surface area contributed by atoms with Gasteiger partial charge >= 0.3 is 0 Å². The number of aryl methyl sites for hydroxylation is 1. The van der Waals surface area contributed by atoms with Crippen LogP contribution in [0.3, 0.4) is 0 Å². The molecular weight excluding hydrogens is 296 g/mol. The molecule has 0 saturated heterocycles. The summed E-state index contributed by atoms with van der Waals surface area (Å²) in [6.45, 7) is 0.519. The molecule has 1 heterocycles. The molecule has 0 aliphatic rings. The van der Waals surface area contributed by atoms with E-state index in [0.717, 1.165) is 18.6 Å². The van der Waals surface area contributed by atoms with Crippen LogP contribution in [-0.4, -0.2) is 17.6 Å². The molecule has 3 nitrogen and oxygen atoms in total. The van der Waals surface area contributed by atoms with Crippen LogP contribution in [0.25, 0.3) is 11.1 Å². The second-order valence-corrected chi connectivity index (χ2v) is 5.86. The zero-order valence-electron chi connectivity index (χ0n) is 13.6. The monoisotopic (exact) mass is 318 g/mol. The number of ether oxygens (including phenoxy) is 1. The van der Waals surface area contributed by atoms with Gasteiger partial charge in [-0.15, -0.1) is 0 Å². The van der Waals surface area contributed by atoms with Crippen molar-refractivity contribution in [2.24, 2.45) is 5.73 Å². The average molecular weight is 318 g/mol. The minimum atomic E-state index is 0.0130. The normalized spacial score (nSPS) is 11.9. The molecule has 1 aromatic heterocycles. The molecule has 24 heavy (non-hydrogen) atoms. The Balaban J connectivity index is 1.48. The van der Waals surface area contributed by atoms with Gasteiger partial charge in [-0.2, -0.15) is 0 Å². The molecule has 0 saturated carbocycles. The Labute approximate surface area is 143 Å². The maximum Gasteiger partial charge on any atom is 0.119 e. The first-order valence-electron chi connectivity index (χ1n) is 8.24. The van der Waals surface area contributed by atoms with Crippen LogP contribution in [0.4, 0.5) is 0 Å². The molecule has 3 rings (SSSR count). The summed E-state index contributed by atoms with van der Waals surface area (Å²) < 4.78 is 5.81. The Morgan fingerprint density at radius 3 is 2.33 bits per heavy atom. The van der Waals surface area contributed by atoms with Crippen LogP contribution in [0, 0.1) is 0 Å². The van der Waals surface area contributed by atoms with Crippen molar-refractivity contribution in [1.82, 2.24) is 4.98 Å². The summed E-state index contributed by atoms with van der Waals surface area (Å²) in [4.78, 5) is 4.12. The number of hydrogen-bond acceptors (Lipinski definition) is 3. The van der Waals surface area contributed by atoms with Gasteiger partial charge in [0.05, 0.1) is 0 Å². The largest absolute Gasteiger partial charge is 0.492 e. The predicted molar refractivity (Wildman–Crippen MR) is 97.9 cm³/mol. The number of nitrogens with zero attached hydrogens (tertiary/aromatic N) is 1. The highest BCUT2D eigenvalue weighted by molar-refractivity contribution is 5.63. The minimum Gasteiger partial charge on any atom is -0.492 e. The summed E-state index contributed by atoms with van der Waals surface area (Å²) >= 11 is 0. The molecule has 0 radical (unpaired) electrons. The number of nitrogens with two attached hydrogens (primary N) is 1. The number of benzene rings is 2. The van der Waals surface area contributed by atoms with Crippen LogP contribution >= 0.6 is 0 Å². The van der Waals surface area contributed by atoms with Crippen molar-refractivity contribution in [3.05, 3.63) is 84.7 Å². The lowest BCUT2D eigenvalue weighted by atomic mass is 10.1. The van der Waals surface area contributed by atoms with Crippen LogP contribution in [-0.2, 0) is 6.42 Å². The summed E-state index contributed by atoms with van der Waals surface area (Å²) in [6.07, 6.45) is 5.47. The Morgan fingerprint density at radius 2 is 1.62 bits per heavy atom. The second-order valence-electron chi connectivity index (χ2n) is 5.86. The van der Waals surface area contributed by atoms with E-state index in [1.807, 2.05) is 42.6 Å². The van der Waals surface area contributed by atoms with Crippen molar-refractivity contribution in [2.75, 3.05) is 6.61 Å². The van der Waals surface area contributed by atoms with Gasteiger partial charge < -0.3 is 10.5 Å². The van der Waals surface area contributed by atoms with Crippen LogP contribution in [0.1, 0.15) is 12.0 Å². The lowest BCUT2D eigenvalue weighted by molar-refractivity contribution is 0.282. The maximum absolute atomic E-state index is 6.14. The number of aromatic nitrogens is 1. The van der Waals surface area contributed by atoms with Gasteiger partial charge in [-0.3, -0.25) is 4.98 Å². The van der Waals surface area contributed by atoms with Gasteiger partial charge in [0.25, 0.3) is 0 Å². The van der Waals surface area contributed by atoms with Crippen LogP contribution in [0.2, 0.25) is 0 Å². The van der Waals surface area contributed by atoms with Crippen molar-refractivity contribution in [2.45, 2.75) is 18.9 Å². The fourth-order valence-corrected chi connectivity index (χ4v) is 2.56. The molecule has 2 N–H and O–H groups in total. The molecule has 3 aromatic rings. The summed E-state index contributed by atoms with van der Waals surface area (Å²) in [5, 5.41) is 0. The van der Waals surface area contributed by atoms with Gasteiger partial charge in [0.15, 0.2) is 0 Å². The fourth-order valence-electron chi connectivity index (χ4n) is 2.56. The Kier molecular flexibility index (Phi) is 5.59. The minimum absolute atomic E-state index is 0.0130. The highest BCUT2D eigenvalue weighted by Crippen LogP contribution is 2.22. The third-order valence-electron chi connectivity index (χ3n) is 3.95. The van der Waals surface area contributed by atoms with E-state index in [9.17, 15) is 0 Å². The molecular formula is C21H22N2O. The topological polar surface area (TPSA) is 48.1 Å². The van der Waals surface area contributed by atoms with Gasteiger partial charge in [0.2, 0.25) is 0 Å². The molecule has 1 atom stereocenters. The first-order valence-corrected chi connectivity index (χ1v) is 8.24. The van der Waals surface area contributed by atoms with E-state index in [-0.39, 0.29) is 6.04 Å². The Hall–Kier alpha value is -2.65. The average Bonchev–Trinajstić information content (AvgIpc) is 2.67. The predicted octanol–water partition coefficient (Wildman–Crippen LogP) is 4.09. The van der Waals surface area contributed by atoms with Gasteiger partial charge in [-0.05, 0) is 47.7 Å². The number of hydrogen-bond donors (Lipinski definition) is 1. The summed E-state index contributed by atoms with van der Waals surface area (Å²) in [6, 6.07) is 22.5. The Bertz CT molecular complexity index is 727. The molecule has 1 unspecified atom stereocenters. The SMILES string of the molecule is NC(CCc1cccnc1)COc1ccc(-c2ccccc2)cc1.